The number of barbiturate groups is 1. The van der Waals surface area contributed by atoms with Crippen LogP contribution in [0, 0.1) is 6.92 Å². The summed E-state index contributed by atoms with van der Waals surface area (Å²) in [6.45, 7) is 5.60. The van der Waals surface area contributed by atoms with Crippen LogP contribution in [0.4, 0.5) is 22.0 Å². The normalized spacial score (nSPS) is 14.3. The number of carbonyl (C=O) groups is 3. The second-order valence-corrected chi connectivity index (χ2v) is 8.33. The van der Waals surface area contributed by atoms with Crippen molar-refractivity contribution in [1.82, 2.24) is 15.6 Å². The maximum Gasteiger partial charge on any atom is 0.328 e. The van der Waals surface area contributed by atoms with E-state index in [-0.39, 0.29) is 18.8 Å². The van der Waals surface area contributed by atoms with Crippen LogP contribution in [0.2, 0.25) is 0 Å². The number of carbonyl (C=O) groups excluding carboxylic acids is 3. The number of benzene rings is 2. The molecule has 4 N–H and O–H groups in total. The second kappa shape index (κ2) is 11.0. The Hall–Kier alpha value is -4.97. The fraction of sp³-hybridized carbons (Fsp3) is 0.192. The van der Waals surface area contributed by atoms with E-state index in [0.29, 0.717) is 23.0 Å². The molecular weight excluding hydrogens is 492 g/mol. The molecule has 1 aliphatic heterocycles. The molecule has 0 aliphatic carbocycles. The summed E-state index contributed by atoms with van der Waals surface area (Å²) in [6, 6.07) is 14.4. The number of nitrogens with two attached hydrogens (primary N) is 1. The number of nitrogens with zero attached hydrogens (tertiary/aromatic N) is 3. The van der Waals surface area contributed by atoms with E-state index in [1.54, 1.807) is 53.7 Å². The fourth-order valence-corrected chi connectivity index (χ4v) is 3.80. The van der Waals surface area contributed by atoms with Gasteiger partial charge < -0.3 is 19.9 Å². The predicted molar refractivity (Wildman–Crippen MR) is 140 cm³/mol. The Balaban J connectivity index is 1.49. The maximum absolute atomic E-state index is 12.6. The maximum atomic E-state index is 12.6. The molecule has 4 rings (SSSR count). The number of hydrogen-bond acceptors (Lipinski definition) is 10. The number of nitrogen functional groups attached to an aromatic ring is 1. The Morgan fingerprint density at radius 1 is 1.00 bits per heavy atom. The van der Waals surface area contributed by atoms with Crippen LogP contribution in [0.1, 0.15) is 12.0 Å². The number of aromatic nitrogens is 1. The highest BCUT2D eigenvalue weighted by molar-refractivity contribution is 6.21. The first kappa shape index (κ1) is 26.1. The SMILES string of the molecule is C=NN(c1ccc(N)cn1)c1ccc(Oc2ccc(OC3(CCOC)C(=O)NC(=O)NC3=O)cc2)cc1C. The van der Waals surface area contributed by atoms with Crippen LogP contribution in [-0.2, 0) is 14.3 Å². The molecule has 0 spiro atoms. The first-order valence-corrected chi connectivity index (χ1v) is 11.5. The fourth-order valence-electron chi connectivity index (χ4n) is 3.80. The minimum absolute atomic E-state index is 0.0543. The number of hydrazone groups is 1. The molecule has 196 valence electrons. The van der Waals surface area contributed by atoms with Gasteiger partial charge in [-0.2, -0.15) is 5.10 Å². The number of urea groups is 1. The van der Waals surface area contributed by atoms with Crippen molar-refractivity contribution in [3.8, 4) is 17.2 Å². The van der Waals surface area contributed by atoms with E-state index in [2.05, 4.69) is 27.4 Å². The zero-order chi connectivity index (χ0) is 27.3. The van der Waals surface area contributed by atoms with Crippen molar-refractivity contribution in [2.24, 2.45) is 5.10 Å². The number of pyridine rings is 1. The number of aryl methyl sites for hydroxylation is 1. The molecule has 0 bridgehead atoms. The lowest BCUT2D eigenvalue weighted by Crippen LogP contribution is -2.69. The molecule has 38 heavy (non-hydrogen) atoms. The average Bonchev–Trinajstić information content (AvgIpc) is 2.89. The first-order chi connectivity index (χ1) is 18.3. The van der Waals surface area contributed by atoms with Crippen molar-refractivity contribution < 1.29 is 28.6 Å². The highest BCUT2D eigenvalue weighted by Gasteiger charge is 2.52. The lowest BCUT2D eigenvalue weighted by molar-refractivity contribution is -0.153. The molecule has 2 heterocycles. The van der Waals surface area contributed by atoms with Crippen LogP contribution >= 0.6 is 0 Å². The van der Waals surface area contributed by atoms with Gasteiger partial charge in [0.15, 0.2) is 5.82 Å². The number of rotatable bonds is 10. The van der Waals surface area contributed by atoms with Crippen LogP contribution < -0.4 is 30.8 Å². The Kier molecular flexibility index (Phi) is 7.53. The standard InChI is InChI=1S/C26H26N6O6/c1-16-14-20(9-10-21(16)32(28-2)22-11-4-17(27)15-29-22)37-18-5-7-19(8-6-18)38-26(12-13-36-3)23(33)30-25(35)31-24(26)34/h4-11,14-15H,2,12-13,27H2,1,3H3,(H2,30,31,33,34,35). The number of anilines is 3. The number of methoxy groups -OCH3 is 1. The van der Waals surface area contributed by atoms with Gasteiger partial charge in [0.05, 0.1) is 24.2 Å². The zero-order valence-corrected chi connectivity index (χ0v) is 20.8. The zero-order valence-electron chi connectivity index (χ0n) is 20.8. The van der Waals surface area contributed by atoms with E-state index in [1.807, 2.05) is 19.1 Å². The van der Waals surface area contributed by atoms with E-state index in [4.69, 9.17) is 19.9 Å². The largest absolute Gasteiger partial charge is 0.467 e. The van der Waals surface area contributed by atoms with Crippen molar-refractivity contribution in [2.75, 3.05) is 24.5 Å². The molecule has 1 aliphatic rings. The topological polar surface area (TPSA) is 157 Å². The highest BCUT2D eigenvalue weighted by Crippen LogP contribution is 2.33. The molecule has 3 aromatic rings. The third kappa shape index (κ3) is 5.39. The summed E-state index contributed by atoms with van der Waals surface area (Å²) >= 11 is 0. The smallest absolute Gasteiger partial charge is 0.328 e. The summed E-state index contributed by atoms with van der Waals surface area (Å²) < 4.78 is 16.8. The Labute approximate surface area is 218 Å². The quantitative estimate of drug-likeness (QED) is 0.208. The third-order valence-corrected chi connectivity index (χ3v) is 5.72. The average molecular weight is 519 g/mol. The molecule has 2 aromatic carbocycles. The van der Waals surface area contributed by atoms with Gasteiger partial charge in [-0.3, -0.25) is 20.2 Å². The summed E-state index contributed by atoms with van der Waals surface area (Å²) in [4.78, 5) is 40.9. The van der Waals surface area contributed by atoms with Crippen molar-refractivity contribution in [1.29, 1.82) is 0 Å². The van der Waals surface area contributed by atoms with Crippen LogP contribution in [0.25, 0.3) is 0 Å². The van der Waals surface area contributed by atoms with Crippen LogP contribution in [0.3, 0.4) is 0 Å². The molecular formula is C26H26N6O6. The minimum atomic E-state index is -1.95. The molecule has 0 radical (unpaired) electrons. The molecule has 1 saturated heterocycles. The van der Waals surface area contributed by atoms with Gasteiger partial charge in [-0.05, 0) is 67.1 Å². The van der Waals surface area contributed by atoms with Gasteiger partial charge in [0.1, 0.15) is 17.2 Å². The van der Waals surface area contributed by atoms with Gasteiger partial charge in [-0.15, -0.1) is 0 Å². The molecule has 12 nitrogen and oxygen atoms in total. The van der Waals surface area contributed by atoms with Crippen LogP contribution in [0.5, 0.6) is 17.2 Å². The van der Waals surface area contributed by atoms with Crippen molar-refractivity contribution in [2.45, 2.75) is 18.9 Å². The van der Waals surface area contributed by atoms with Gasteiger partial charge >= 0.3 is 6.03 Å². The predicted octanol–water partition coefficient (Wildman–Crippen LogP) is 3.04. The van der Waals surface area contributed by atoms with Gasteiger partial charge in [-0.25, -0.2) is 14.8 Å². The number of imide groups is 2. The molecule has 1 fully saturated rings. The number of nitrogens with one attached hydrogen (secondary N) is 2. The first-order valence-electron chi connectivity index (χ1n) is 11.5. The molecule has 4 amide bonds. The molecule has 0 atom stereocenters. The number of hydrogen-bond donors (Lipinski definition) is 3. The van der Waals surface area contributed by atoms with E-state index < -0.39 is 23.4 Å². The lowest BCUT2D eigenvalue weighted by atomic mass is 9.95. The summed E-state index contributed by atoms with van der Waals surface area (Å²) in [6.07, 6.45) is 1.44. The Bertz CT molecular complexity index is 1340. The summed E-state index contributed by atoms with van der Waals surface area (Å²) in [5.74, 6) is 0.114. The van der Waals surface area contributed by atoms with Gasteiger partial charge in [0, 0.05) is 20.2 Å². The lowest BCUT2D eigenvalue weighted by Gasteiger charge is -2.34. The molecule has 0 unspecified atom stereocenters. The summed E-state index contributed by atoms with van der Waals surface area (Å²) in [7, 11) is 1.43. The van der Waals surface area contributed by atoms with Crippen molar-refractivity contribution >= 4 is 41.8 Å². The van der Waals surface area contributed by atoms with Crippen LogP contribution in [-0.4, -0.2) is 48.9 Å². The van der Waals surface area contributed by atoms with Crippen molar-refractivity contribution in [3.63, 3.8) is 0 Å². The Morgan fingerprint density at radius 2 is 1.66 bits per heavy atom. The van der Waals surface area contributed by atoms with Crippen molar-refractivity contribution in [3.05, 3.63) is 66.4 Å². The third-order valence-electron chi connectivity index (χ3n) is 5.72. The van der Waals surface area contributed by atoms with Crippen LogP contribution in [0.15, 0.2) is 65.9 Å². The molecule has 12 heteroatoms. The number of amides is 4. The van der Waals surface area contributed by atoms with Gasteiger partial charge in [0.25, 0.3) is 17.4 Å². The van der Waals surface area contributed by atoms with E-state index in [9.17, 15) is 14.4 Å². The minimum Gasteiger partial charge on any atom is -0.467 e. The van der Waals surface area contributed by atoms with E-state index in [0.717, 1.165) is 11.3 Å². The summed E-state index contributed by atoms with van der Waals surface area (Å²) in [5.41, 5.74) is 5.93. The second-order valence-electron chi connectivity index (χ2n) is 8.33. The monoisotopic (exact) mass is 518 g/mol. The van der Waals surface area contributed by atoms with Gasteiger partial charge in [0.2, 0.25) is 0 Å². The molecule has 0 saturated carbocycles. The van der Waals surface area contributed by atoms with Gasteiger partial charge in [-0.1, -0.05) is 0 Å². The van der Waals surface area contributed by atoms with E-state index >= 15 is 0 Å². The van der Waals surface area contributed by atoms with E-state index in [1.165, 1.54) is 7.11 Å². The number of ether oxygens (including phenoxy) is 3. The summed E-state index contributed by atoms with van der Waals surface area (Å²) in [5, 5.41) is 9.80. The highest BCUT2D eigenvalue weighted by atomic mass is 16.5. The molecule has 1 aromatic heterocycles. The Morgan fingerprint density at radius 3 is 2.24 bits per heavy atom.